The predicted octanol–water partition coefficient (Wildman–Crippen LogP) is 4.58. The van der Waals surface area contributed by atoms with Crippen LogP contribution >= 0.6 is 0 Å². The topological polar surface area (TPSA) is 81.9 Å². The summed E-state index contributed by atoms with van der Waals surface area (Å²) in [5, 5.41) is 7.96. The van der Waals surface area contributed by atoms with Gasteiger partial charge in [-0.2, -0.15) is 5.10 Å². The molecule has 0 saturated heterocycles. The fourth-order valence-corrected chi connectivity index (χ4v) is 3.22. The van der Waals surface area contributed by atoms with Crippen LogP contribution in [0.4, 0.5) is 4.39 Å². The zero-order valence-electron chi connectivity index (χ0n) is 17.5. The van der Waals surface area contributed by atoms with E-state index in [2.05, 4.69) is 20.4 Å². The van der Waals surface area contributed by atoms with Crippen LogP contribution in [0.3, 0.4) is 0 Å². The zero-order chi connectivity index (χ0) is 22.0. The van der Waals surface area contributed by atoms with Gasteiger partial charge in [0, 0.05) is 24.2 Å². The summed E-state index contributed by atoms with van der Waals surface area (Å²) in [6, 6.07) is 9.93. The van der Waals surface area contributed by atoms with Crippen LogP contribution in [0.2, 0.25) is 0 Å². The summed E-state index contributed by atoms with van der Waals surface area (Å²) < 4.78 is 21.7. The van der Waals surface area contributed by atoms with E-state index in [0.717, 1.165) is 11.0 Å². The van der Waals surface area contributed by atoms with Crippen molar-refractivity contribution in [2.75, 3.05) is 0 Å². The Balaban J connectivity index is 1.46. The van der Waals surface area contributed by atoms with Gasteiger partial charge in [-0.25, -0.2) is 14.1 Å². The van der Waals surface area contributed by atoms with Crippen molar-refractivity contribution in [3.05, 3.63) is 77.6 Å². The minimum absolute atomic E-state index is 0.0933. The van der Waals surface area contributed by atoms with Gasteiger partial charge in [0.2, 0.25) is 0 Å². The second-order valence-corrected chi connectivity index (χ2v) is 7.46. The molecular weight excluding hydrogens is 397 g/mol. The first-order valence-corrected chi connectivity index (χ1v) is 9.91. The number of ether oxygens (including phenoxy) is 1. The zero-order valence-corrected chi connectivity index (χ0v) is 17.5. The Morgan fingerprint density at radius 1 is 1.23 bits per heavy atom. The van der Waals surface area contributed by atoms with E-state index in [9.17, 15) is 9.18 Å². The van der Waals surface area contributed by atoms with Crippen molar-refractivity contribution in [1.29, 1.82) is 0 Å². The molecule has 3 aromatic heterocycles. The minimum Gasteiger partial charge on any atom is -0.453 e. The Bertz CT molecular complexity index is 1240. The van der Waals surface area contributed by atoms with E-state index >= 15 is 0 Å². The Hall–Kier alpha value is -3.81. The van der Waals surface area contributed by atoms with Crippen LogP contribution in [0.15, 0.2) is 55.0 Å². The number of aromatic nitrogens is 4. The Morgan fingerprint density at radius 3 is 2.77 bits per heavy atom. The van der Waals surface area contributed by atoms with Crippen LogP contribution in [0.25, 0.3) is 11.0 Å². The van der Waals surface area contributed by atoms with Crippen molar-refractivity contribution >= 4 is 16.9 Å². The molecule has 1 N–H and O–H groups in total. The van der Waals surface area contributed by atoms with Crippen molar-refractivity contribution in [3.8, 4) is 11.5 Å². The molecule has 0 aliphatic rings. The molecule has 4 aromatic rings. The van der Waals surface area contributed by atoms with Crippen molar-refractivity contribution in [1.82, 2.24) is 25.1 Å². The molecule has 0 aliphatic heterocycles. The third-order valence-corrected chi connectivity index (χ3v) is 4.80. The van der Waals surface area contributed by atoms with Gasteiger partial charge in [-0.3, -0.25) is 9.78 Å². The molecule has 0 unspecified atom stereocenters. The van der Waals surface area contributed by atoms with Gasteiger partial charge in [0.15, 0.2) is 17.2 Å². The van der Waals surface area contributed by atoms with E-state index in [-0.39, 0.29) is 24.2 Å². The van der Waals surface area contributed by atoms with Crippen LogP contribution in [0, 0.1) is 12.7 Å². The number of pyridine rings is 2. The summed E-state index contributed by atoms with van der Waals surface area (Å²) in [5.41, 5.74) is 2.44. The summed E-state index contributed by atoms with van der Waals surface area (Å²) in [6.45, 7) is 6.01. The first-order chi connectivity index (χ1) is 14.9. The highest BCUT2D eigenvalue weighted by Gasteiger charge is 2.15. The summed E-state index contributed by atoms with van der Waals surface area (Å²) in [7, 11) is 0. The molecule has 0 spiro atoms. The van der Waals surface area contributed by atoms with Crippen molar-refractivity contribution < 1.29 is 13.9 Å². The molecule has 158 valence electrons. The molecular formula is C23H22FN5O2. The molecule has 0 saturated carbocycles. The Morgan fingerprint density at radius 2 is 2.06 bits per heavy atom. The van der Waals surface area contributed by atoms with Crippen molar-refractivity contribution in [2.45, 2.75) is 33.4 Å². The molecule has 1 aromatic carbocycles. The van der Waals surface area contributed by atoms with E-state index < -0.39 is 5.82 Å². The second kappa shape index (κ2) is 8.51. The number of carbonyl (C=O) groups excluding carboxylic acids is 1. The lowest BCUT2D eigenvalue weighted by atomic mass is 10.1. The summed E-state index contributed by atoms with van der Waals surface area (Å²) in [6.07, 6.45) is 4.82. The summed E-state index contributed by atoms with van der Waals surface area (Å²) in [5.74, 6) is -0.256. The molecule has 0 radical (unpaired) electrons. The highest BCUT2D eigenvalue weighted by molar-refractivity contribution is 5.98. The number of fused-ring (bicyclic) bond motifs is 1. The average Bonchev–Trinajstić information content (AvgIpc) is 3.17. The number of halogens is 1. The van der Waals surface area contributed by atoms with Crippen LogP contribution in [-0.4, -0.2) is 25.7 Å². The second-order valence-electron chi connectivity index (χ2n) is 7.46. The van der Waals surface area contributed by atoms with E-state index in [4.69, 9.17) is 4.74 Å². The van der Waals surface area contributed by atoms with E-state index in [1.54, 1.807) is 43.6 Å². The maximum Gasteiger partial charge on any atom is 0.253 e. The Labute approximate surface area is 178 Å². The van der Waals surface area contributed by atoms with Crippen molar-refractivity contribution in [2.24, 2.45) is 0 Å². The number of hydrogen-bond acceptors (Lipinski definition) is 5. The fraction of sp³-hybridized carbons (Fsp3) is 0.217. The number of hydrogen-bond donors (Lipinski definition) is 1. The molecule has 31 heavy (non-hydrogen) atoms. The normalized spacial score (nSPS) is 11.1. The molecule has 1 amide bonds. The summed E-state index contributed by atoms with van der Waals surface area (Å²) in [4.78, 5) is 21.2. The standard InChI is InChI=1S/C23H22FN5O2/c1-14(2)29-22-17(12-27-29)10-19(15(3)28-22)23(30)26-11-16-6-7-21(20(24)9-16)31-18-5-4-8-25-13-18/h4-10,12-14H,11H2,1-3H3,(H,26,30). The fourth-order valence-electron chi connectivity index (χ4n) is 3.22. The lowest BCUT2D eigenvalue weighted by Crippen LogP contribution is -2.24. The van der Waals surface area contributed by atoms with Gasteiger partial charge < -0.3 is 10.1 Å². The van der Waals surface area contributed by atoms with Gasteiger partial charge in [0.05, 0.1) is 23.7 Å². The van der Waals surface area contributed by atoms with Crippen LogP contribution < -0.4 is 10.1 Å². The number of benzene rings is 1. The van der Waals surface area contributed by atoms with Gasteiger partial charge >= 0.3 is 0 Å². The number of rotatable bonds is 6. The molecule has 7 nitrogen and oxygen atoms in total. The van der Waals surface area contributed by atoms with Gasteiger partial charge in [0.25, 0.3) is 5.91 Å². The number of amides is 1. The van der Waals surface area contributed by atoms with Crippen LogP contribution in [0.5, 0.6) is 11.5 Å². The van der Waals surface area contributed by atoms with E-state index in [1.165, 1.54) is 18.3 Å². The summed E-state index contributed by atoms with van der Waals surface area (Å²) >= 11 is 0. The molecule has 0 bridgehead atoms. The third kappa shape index (κ3) is 4.37. The van der Waals surface area contributed by atoms with Gasteiger partial charge in [-0.05, 0) is 56.7 Å². The van der Waals surface area contributed by atoms with Gasteiger partial charge in [0.1, 0.15) is 5.75 Å². The molecule has 8 heteroatoms. The van der Waals surface area contributed by atoms with E-state index in [1.807, 2.05) is 18.5 Å². The first kappa shape index (κ1) is 20.5. The minimum atomic E-state index is -0.518. The smallest absolute Gasteiger partial charge is 0.253 e. The molecule has 0 atom stereocenters. The molecule has 3 heterocycles. The Kier molecular flexibility index (Phi) is 5.62. The van der Waals surface area contributed by atoms with Crippen LogP contribution in [-0.2, 0) is 6.54 Å². The van der Waals surface area contributed by atoms with Gasteiger partial charge in [-0.15, -0.1) is 0 Å². The highest BCUT2D eigenvalue weighted by Crippen LogP contribution is 2.24. The number of nitrogens with zero attached hydrogens (tertiary/aromatic N) is 4. The molecule has 4 rings (SSSR count). The van der Waals surface area contributed by atoms with Crippen LogP contribution in [0.1, 0.15) is 41.5 Å². The lowest BCUT2D eigenvalue weighted by Gasteiger charge is -2.11. The van der Waals surface area contributed by atoms with Crippen molar-refractivity contribution in [3.63, 3.8) is 0 Å². The number of nitrogens with one attached hydrogen (secondary N) is 1. The SMILES string of the molecule is Cc1nc2c(cnn2C(C)C)cc1C(=O)NCc1ccc(Oc2cccnc2)c(F)c1. The number of carbonyl (C=O) groups is 1. The largest absolute Gasteiger partial charge is 0.453 e. The third-order valence-electron chi connectivity index (χ3n) is 4.80. The van der Waals surface area contributed by atoms with Gasteiger partial charge in [-0.1, -0.05) is 6.07 Å². The highest BCUT2D eigenvalue weighted by atomic mass is 19.1. The number of aryl methyl sites for hydroxylation is 1. The molecule has 0 aliphatic carbocycles. The van der Waals surface area contributed by atoms with E-state index in [0.29, 0.717) is 22.6 Å². The monoisotopic (exact) mass is 419 g/mol. The molecule has 0 fully saturated rings. The quantitative estimate of drug-likeness (QED) is 0.495. The first-order valence-electron chi connectivity index (χ1n) is 9.91. The maximum atomic E-state index is 14.4. The maximum absolute atomic E-state index is 14.4. The lowest BCUT2D eigenvalue weighted by molar-refractivity contribution is 0.0950. The average molecular weight is 419 g/mol. The predicted molar refractivity (Wildman–Crippen MR) is 115 cm³/mol.